The van der Waals surface area contributed by atoms with E-state index in [0.717, 1.165) is 11.8 Å². The number of hydrogen-bond donors (Lipinski definition) is 2. The van der Waals surface area contributed by atoms with Gasteiger partial charge in [0.1, 0.15) is 0 Å². The second-order valence-electron chi connectivity index (χ2n) is 4.22. The van der Waals surface area contributed by atoms with Crippen molar-refractivity contribution >= 4 is 11.6 Å². The lowest BCUT2D eigenvalue weighted by molar-refractivity contribution is 0.102. The number of rotatable bonds is 3. The molecule has 0 saturated carbocycles. The summed E-state index contributed by atoms with van der Waals surface area (Å²) >= 11 is 0. The van der Waals surface area contributed by atoms with E-state index in [9.17, 15) is 9.18 Å². The number of nitrogens with two attached hydrogens (primary N) is 1. The molecule has 1 aromatic carbocycles. The highest BCUT2D eigenvalue weighted by Crippen LogP contribution is 2.16. The molecular formula is C14H14FN3O. The molecule has 4 nitrogen and oxygen atoms in total. The van der Waals surface area contributed by atoms with E-state index in [-0.39, 0.29) is 11.6 Å². The van der Waals surface area contributed by atoms with Crippen LogP contribution in [0.5, 0.6) is 0 Å². The largest absolute Gasteiger partial charge is 0.324 e. The predicted molar refractivity (Wildman–Crippen MR) is 71.2 cm³/mol. The summed E-state index contributed by atoms with van der Waals surface area (Å²) in [6.07, 6.45) is 2.38. The molecule has 0 aliphatic heterocycles. The quantitative estimate of drug-likeness (QED) is 0.889. The number of nitrogens with one attached hydrogen (secondary N) is 1. The Balaban J connectivity index is 2.20. The number of carbonyl (C=O) groups is 1. The molecular weight excluding hydrogens is 245 g/mol. The Morgan fingerprint density at radius 1 is 1.42 bits per heavy atom. The molecule has 5 heteroatoms. The van der Waals surface area contributed by atoms with Crippen LogP contribution in [0, 0.1) is 5.82 Å². The smallest absolute Gasteiger partial charge is 0.258 e. The van der Waals surface area contributed by atoms with Crippen LogP contribution in [0.25, 0.3) is 0 Å². The third-order valence-electron chi connectivity index (χ3n) is 2.69. The van der Waals surface area contributed by atoms with Crippen molar-refractivity contribution in [1.29, 1.82) is 0 Å². The van der Waals surface area contributed by atoms with E-state index >= 15 is 0 Å². The number of anilines is 1. The van der Waals surface area contributed by atoms with Crippen LogP contribution >= 0.6 is 0 Å². The molecule has 0 aliphatic carbocycles. The molecule has 0 spiro atoms. The average Bonchev–Trinajstić information content (AvgIpc) is 2.39. The normalized spacial score (nSPS) is 11.9. The molecule has 0 fully saturated rings. The number of nitrogens with zero attached hydrogens (tertiary/aromatic N) is 1. The van der Waals surface area contributed by atoms with E-state index < -0.39 is 11.7 Å². The topological polar surface area (TPSA) is 68.0 Å². The van der Waals surface area contributed by atoms with Gasteiger partial charge in [-0.3, -0.25) is 9.78 Å². The third-order valence-corrected chi connectivity index (χ3v) is 2.69. The molecule has 19 heavy (non-hydrogen) atoms. The number of pyridine rings is 1. The van der Waals surface area contributed by atoms with Crippen LogP contribution in [-0.4, -0.2) is 10.9 Å². The van der Waals surface area contributed by atoms with E-state index in [0.29, 0.717) is 5.69 Å². The minimum absolute atomic E-state index is 0.0406. The zero-order chi connectivity index (χ0) is 13.8. The standard InChI is InChI=1S/C14H14FN3O/c1-9(16)10-3-2-4-11(7-10)18-14(19)12-5-6-17-8-13(12)15/h2-9H,16H2,1H3,(H,18,19). The number of benzene rings is 1. The summed E-state index contributed by atoms with van der Waals surface area (Å²) in [6.45, 7) is 1.85. The average molecular weight is 259 g/mol. The molecule has 2 aromatic rings. The van der Waals surface area contributed by atoms with Crippen LogP contribution in [0.15, 0.2) is 42.7 Å². The SMILES string of the molecule is CC(N)c1cccc(NC(=O)c2ccncc2F)c1. The van der Waals surface area contributed by atoms with Crippen LogP contribution < -0.4 is 11.1 Å². The second kappa shape index (κ2) is 5.58. The van der Waals surface area contributed by atoms with Crippen molar-refractivity contribution in [1.82, 2.24) is 4.98 Å². The number of aromatic nitrogens is 1. The molecule has 0 aliphatic rings. The predicted octanol–water partition coefficient (Wildman–Crippen LogP) is 2.49. The van der Waals surface area contributed by atoms with Gasteiger partial charge in [-0.2, -0.15) is 0 Å². The lowest BCUT2D eigenvalue weighted by Crippen LogP contribution is -2.14. The number of halogens is 1. The molecule has 0 bridgehead atoms. The molecule has 1 atom stereocenters. The zero-order valence-electron chi connectivity index (χ0n) is 10.4. The maximum absolute atomic E-state index is 13.4. The summed E-state index contributed by atoms with van der Waals surface area (Å²) in [6, 6.07) is 8.35. The first-order valence-corrected chi connectivity index (χ1v) is 5.84. The minimum Gasteiger partial charge on any atom is -0.324 e. The van der Waals surface area contributed by atoms with Crippen molar-refractivity contribution in [3.63, 3.8) is 0 Å². The first kappa shape index (κ1) is 13.2. The third kappa shape index (κ3) is 3.14. The molecule has 1 heterocycles. The van der Waals surface area contributed by atoms with Gasteiger partial charge >= 0.3 is 0 Å². The number of carbonyl (C=O) groups excluding carboxylic acids is 1. The van der Waals surface area contributed by atoms with Gasteiger partial charge in [0.2, 0.25) is 0 Å². The molecule has 0 radical (unpaired) electrons. The monoisotopic (exact) mass is 259 g/mol. The molecule has 1 amide bonds. The van der Waals surface area contributed by atoms with Gasteiger partial charge in [0.15, 0.2) is 5.82 Å². The molecule has 1 aromatic heterocycles. The molecule has 98 valence electrons. The van der Waals surface area contributed by atoms with Crippen molar-refractivity contribution in [3.05, 3.63) is 59.7 Å². The molecule has 1 unspecified atom stereocenters. The van der Waals surface area contributed by atoms with E-state index in [1.807, 2.05) is 13.0 Å². The highest BCUT2D eigenvalue weighted by atomic mass is 19.1. The first-order valence-electron chi connectivity index (χ1n) is 5.84. The molecule has 2 rings (SSSR count). The van der Waals surface area contributed by atoms with Crippen molar-refractivity contribution in [2.45, 2.75) is 13.0 Å². The Hall–Kier alpha value is -2.27. The summed E-state index contributed by atoms with van der Waals surface area (Å²) in [4.78, 5) is 15.5. The fraction of sp³-hybridized carbons (Fsp3) is 0.143. The van der Waals surface area contributed by atoms with Gasteiger partial charge < -0.3 is 11.1 Å². The van der Waals surface area contributed by atoms with Crippen LogP contribution in [0.1, 0.15) is 28.9 Å². The first-order chi connectivity index (χ1) is 9.08. The minimum atomic E-state index is -0.650. The summed E-state index contributed by atoms with van der Waals surface area (Å²) in [7, 11) is 0. The fourth-order valence-corrected chi connectivity index (χ4v) is 1.66. The van der Waals surface area contributed by atoms with Crippen LogP contribution in [-0.2, 0) is 0 Å². The van der Waals surface area contributed by atoms with Gasteiger partial charge in [0.05, 0.1) is 11.8 Å². The Kier molecular flexibility index (Phi) is 3.87. The van der Waals surface area contributed by atoms with E-state index in [4.69, 9.17) is 5.73 Å². The van der Waals surface area contributed by atoms with Crippen LogP contribution in [0.3, 0.4) is 0 Å². The maximum atomic E-state index is 13.4. The lowest BCUT2D eigenvalue weighted by atomic mass is 10.1. The maximum Gasteiger partial charge on any atom is 0.258 e. The van der Waals surface area contributed by atoms with E-state index in [1.54, 1.807) is 18.2 Å². The zero-order valence-corrected chi connectivity index (χ0v) is 10.4. The van der Waals surface area contributed by atoms with Gasteiger partial charge in [-0.1, -0.05) is 12.1 Å². The fourth-order valence-electron chi connectivity index (χ4n) is 1.66. The van der Waals surface area contributed by atoms with Gasteiger partial charge in [0, 0.05) is 17.9 Å². The van der Waals surface area contributed by atoms with Gasteiger partial charge in [-0.15, -0.1) is 0 Å². The van der Waals surface area contributed by atoms with Crippen LogP contribution in [0.4, 0.5) is 10.1 Å². The highest BCUT2D eigenvalue weighted by molar-refractivity contribution is 6.04. The van der Waals surface area contributed by atoms with Gasteiger partial charge in [-0.25, -0.2) is 4.39 Å². The second-order valence-corrected chi connectivity index (χ2v) is 4.22. The van der Waals surface area contributed by atoms with Crippen molar-refractivity contribution in [2.24, 2.45) is 5.73 Å². The number of hydrogen-bond acceptors (Lipinski definition) is 3. The highest BCUT2D eigenvalue weighted by Gasteiger charge is 2.11. The van der Waals surface area contributed by atoms with Gasteiger partial charge in [-0.05, 0) is 30.7 Å². The summed E-state index contributed by atoms with van der Waals surface area (Å²) in [5.74, 6) is -1.16. The Morgan fingerprint density at radius 2 is 2.21 bits per heavy atom. The Morgan fingerprint density at radius 3 is 2.89 bits per heavy atom. The Labute approximate surface area is 110 Å². The van der Waals surface area contributed by atoms with Gasteiger partial charge in [0.25, 0.3) is 5.91 Å². The van der Waals surface area contributed by atoms with E-state index in [2.05, 4.69) is 10.3 Å². The van der Waals surface area contributed by atoms with Crippen molar-refractivity contribution < 1.29 is 9.18 Å². The summed E-state index contributed by atoms with van der Waals surface area (Å²) in [5, 5.41) is 2.63. The van der Waals surface area contributed by atoms with E-state index in [1.165, 1.54) is 12.3 Å². The molecule has 0 saturated heterocycles. The van der Waals surface area contributed by atoms with Crippen LogP contribution in [0.2, 0.25) is 0 Å². The van der Waals surface area contributed by atoms with Crippen molar-refractivity contribution in [3.8, 4) is 0 Å². The Bertz CT molecular complexity index is 599. The summed E-state index contributed by atoms with van der Waals surface area (Å²) in [5.41, 5.74) is 7.20. The number of amides is 1. The molecule has 3 N–H and O–H groups in total. The summed E-state index contributed by atoms with van der Waals surface area (Å²) < 4.78 is 13.4. The van der Waals surface area contributed by atoms with Crippen molar-refractivity contribution in [2.75, 3.05) is 5.32 Å². The lowest BCUT2D eigenvalue weighted by Gasteiger charge is -2.09.